The Balaban J connectivity index is 1.41. The number of benzene rings is 3. The molecule has 5 nitrogen and oxygen atoms in total. The van der Waals surface area contributed by atoms with E-state index in [2.05, 4.69) is 10.4 Å². The topological polar surface area (TPSA) is 64.0 Å². The van der Waals surface area contributed by atoms with Gasteiger partial charge in [0.15, 0.2) is 5.78 Å². The van der Waals surface area contributed by atoms with Crippen LogP contribution in [0, 0.1) is 5.82 Å². The highest BCUT2D eigenvalue weighted by molar-refractivity contribution is 6.15. The Morgan fingerprint density at radius 2 is 1.55 bits per heavy atom. The summed E-state index contributed by atoms with van der Waals surface area (Å²) in [6.45, 7) is 0.401. The number of hydrogen-bond acceptors (Lipinski definition) is 3. The Labute approximate surface area is 179 Å². The number of amides is 1. The first-order chi connectivity index (χ1) is 15.1. The molecule has 0 bridgehead atoms. The van der Waals surface area contributed by atoms with Gasteiger partial charge in [-0.2, -0.15) is 5.10 Å². The molecule has 0 saturated carbocycles. The number of ketones is 1. The van der Waals surface area contributed by atoms with Gasteiger partial charge < -0.3 is 5.32 Å². The van der Waals surface area contributed by atoms with E-state index in [1.807, 2.05) is 36.5 Å². The second kappa shape index (κ2) is 9.17. The highest BCUT2D eigenvalue weighted by Gasteiger charge is 2.18. The molecule has 4 rings (SSSR count). The number of carbonyl (C=O) groups excluding carboxylic acids is 2. The third-order valence-electron chi connectivity index (χ3n) is 4.88. The van der Waals surface area contributed by atoms with E-state index >= 15 is 0 Å². The van der Waals surface area contributed by atoms with Crippen molar-refractivity contribution in [3.8, 4) is 5.69 Å². The Bertz CT molecular complexity index is 1200. The highest BCUT2D eigenvalue weighted by atomic mass is 19.1. The van der Waals surface area contributed by atoms with Crippen LogP contribution in [0.5, 0.6) is 0 Å². The van der Waals surface area contributed by atoms with Crippen LogP contribution in [0.1, 0.15) is 31.8 Å². The van der Waals surface area contributed by atoms with Crippen LogP contribution >= 0.6 is 0 Å². The van der Waals surface area contributed by atoms with Gasteiger partial charge in [0.25, 0.3) is 5.91 Å². The first kappa shape index (κ1) is 20.2. The number of halogens is 1. The van der Waals surface area contributed by atoms with Crippen molar-refractivity contribution >= 4 is 11.7 Å². The predicted molar refractivity (Wildman–Crippen MR) is 116 cm³/mol. The summed E-state index contributed by atoms with van der Waals surface area (Å²) in [4.78, 5) is 25.5. The Hall–Kier alpha value is -4.06. The minimum atomic E-state index is -0.418. The van der Waals surface area contributed by atoms with Gasteiger partial charge in [-0.3, -0.25) is 9.59 Å². The van der Waals surface area contributed by atoms with Gasteiger partial charge in [0.2, 0.25) is 0 Å². The largest absolute Gasteiger partial charge is 0.352 e. The molecule has 1 amide bonds. The van der Waals surface area contributed by atoms with Gasteiger partial charge in [-0.25, -0.2) is 9.07 Å². The molecule has 1 aromatic heterocycles. The lowest BCUT2D eigenvalue weighted by atomic mass is 9.98. The minimum absolute atomic E-state index is 0.281. The van der Waals surface area contributed by atoms with Crippen molar-refractivity contribution in [1.82, 2.24) is 15.1 Å². The monoisotopic (exact) mass is 413 g/mol. The van der Waals surface area contributed by atoms with Crippen molar-refractivity contribution in [1.29, 1.82) is 0 Å². The highest BCUT2D eigenvalue weighted by Crippen LogP contribution is 2.16. The normalized spacial score (nSPS) is 10.6. The third-order valence-corrected chi connectivity index (χ3v) is 4.88. The second-order valence-electron chi connectivity index (χ2n) is 7.02. The molecule has 0 aliphatic rings. The number of rotatable bonds is 7. The molecule has 0 atom stereocenters. The van der Waals surface area contributed by atoms with E-state index in [1.165, 1.54) is 24.3 Å². The van der Waals surface area contributed by atoms with Gasteiger partial charge in [0, 0.05) is 23.9 Å². The van der Waals surface area contributed by atoms with Crippen LogP contribution in [0.15, 0.2) is 91.3 Å². The molecule has 1 N–H and O–H groups in total. The molecule has 0 saturated heterocycles. The fourth-order valence-electron chi connectivity index (χ4n) is 3.26. The predicted octanol–water partition coefficient (Wildman–Crippen LogP) is 4.21. The van der Waals surface area contributed by atoms with Crippen molar-refractivity contribution < 1.29 is 14.0 Å². The summed E-state index contributed by atoms with van der Waals surface area (Å²) >= 11 is 0. The van der Waals surface area contributed by atoms with Crippen molar-refractivity contribution in [2.24, 2.45) is 0 Å². The lowest BCUT2D eigenvalue weighted by molar-refractivity contribution is 0.0942. The van der Waals surface area contributed by atoms with E-state index in [4.69, 9.17) is 0 Å². The lowest BCUT2D eigenvalue weighted by Gasteiger charge is -2.09. The van der Waals surface area contributed by atoms with Crippen LogP contribution in [-0.4, -0.2) is 28.0 Å². The number of nitrogens with one attached hydrogen (secondary N) is 1. The standard InChI is InChI=1S/C25H20FN3O2/c26-20-12-10-19(11-13-20)24(30)22-8-4-5-9-23(22)25(31)27-15-14-18-16-28-29(17-18)21-6-2-1-3-7-21/h1-13,16-17H,14-15H2,(H,27,31). The Morgan fingerprint density at radius 1 is 0.871 bits per heavy atom. The summed E-state index contributed by atoms with van der Waals surface area (Å²) in [5.41, 5.74) is 2.85. The van der Waals surface area contributed by atoms with E-state index in [9.17, 15) is 14.0 Å². The number of nitrogens with zero attached hydrogens (tertiary/aromatic N) is 2. The molecule has 31 heavy (non-hydrogen) atoms. The number of carbonyl (C=O) groups is 2. The Morgan fingerprint density at radius 3 is 2.29 bits per heavy atom. The van der Waals surface area contributed by atoms with Crippen LogP contribution in [0.3, 0.4) is 0 Å². The molecule has 1 heterocycles. The molecule has 154 valence electrons. The van der Waals surface area contributed by atoms with Crippen LogP contribution < -0.4 is 5.32 Å². The van der Waals surface area contributed by atoms with E-state index < -0.39 is 5.82 Å². The molecule has 0 spiro atoms. The summed E-state index contributed by atoms with van der Waals surface area (Å²) < 4.78 is 14.9. The van der Waals surface area contributed by atoms with E-state index in [-0.39, 0.29) is 22.8 Å². The molecule has 0 aliphatic heterocycles. The lowest BCUT2D eigenvalue weighted by Crippen LogP contribution is -2.27. The molecule has 6 heteroatoms. The Kier molecular flexibility index (Phi) is 5.98. The molecular formula is C25H20FN3O2. The maximum Gasteiger partial charge on any atom is 0.252 e. The third kappa shape index (κ3) is 4.75. The molecule has 0 fully saturated rings. The summed E-state index contributed by atoms with van der Waals surface area (Å²) in [6, 6.07) is 21.7. The molecule has 0 radical (unpaired) electrons. The van der Waals surface area contributed by atoms with Crippen LogP contribution in [0.2, 0.25) is 0 Å². The fourth-order valence-corrected chi connectivity index (χ4v) is 3.26. The average Bonchev–Trinajstić information content (AvgIpc) is 3.28. The van der Waals surface area contributed by atoms with Gasteiger partial charge in [0.05, 0.1) is 17.4 Å². The quantitative estimate of drug-likeness (QED) is 0.462. The second-order valence-corrected chi connectivity index (χ2v) is 7.02. The van der Waals surface area contributed by atoms with Gasteiger partial charge in [0.1, 0.15) is 5.82 Å². The zero-order valence-corrected chi connectivity index (χ0v) is 16.7. The zero-order valence-electron chi connectivity index (χ0n) is 16.7. The number of hydrogen-bond donors (Lipinski definition) is 1. The summed E-state index contributed by atoms with van der Waals surface area (Å²) in [5, 5.41) is 7.22. The van der Waals surface area contributed by atoms with Gasteiger partial charge in [-0.05, 0) is 54.4 Å². The summed E-state index contributed by atoms with van der Waals surface area (Å²) in [7, 11) is 0. The van der Waals surface area contributed by atoms with Gasteiger partial charge in [-0.1, -0.05) is 36.4 Å². The van der Waals surface area contributed by atoms with Gasteiger partial charge in [-0.15, -0.1) is 0 Å². The molecule has 0 unspecified atom stereocenters. The molecule has 0 aliphatic carbocycles. The van der Waals surface area contributed by atoms with E-state index in [1.54, 1.807) is 35.1 Å². The maximum absolute atomic E-state index is 13.2. The molecule has 4 aromatic rings. The first-order valence-corrected chi connectivity index (χ1v) is 9.88. The maximum atomic E-state index is 13.2. The van der Waals surface area contributed by atoms with Crippen molar-refractivity contribution in [3.05, 3.63) is 119 Å². The zero-order chi connectivity index (χ0) is 21.6. The van der Waals surface area contributed by atoms with Crippen molar-refractivity contribution in [3.63, 3.8) is 0 Å². The first-order valence-electron chi connectivity index (χ1n) is 9.88. The van der Waals surface area contributed by atoms with Crippen LogP contribution in [0.25, 0.3) is 5.69 Å². The number of para-hydroxylation sites is 1. The van der Waals surface area contributed by atoms with Crippen LogP contribution in [-0.2, 0) is 6.42 Å². The summed E-state index contributed by atoms with van der Waals surface area (Å²) in [5.74, 6) is -1.07. The SMILES string of the molecule is O=C(NCCc1cnn(-c2ccccc2)c1)c1ccccc1C(=O)c1ccc(F)cc1. The minimum Gasteiger partial charge on any atom is -0.352 e. The number of aromatic nitrogens is 2. The molecular weight excluding hydrogens is 393 g/mol. The van der Waals surface area contributed by atoms with Crippen molar-refractivity contribution in [2.75, 3.05) is 6.54 Å². The van der Waals surface area contributed by atoms with E-state index in [0.717, 1.165) is 11.3 Å². The van der Waals surface area contributed by atoms with E-state index in [0.29, 0.717) is 18.5 Å². The fraction of sp³-hybridized carbons (Fsp3) is 0.0800. The van der Waals surface area contributed by atoms with Gasteiger partial charge >= 0.3 is 0 Å². The smallest absolute Gasteiger partial charge is 0.252 e. The van der Waals surface area contributed by atoms with Crippen molar-refractivity contribution in [2.45, 2.75) is 6.42 Å². The molecule has 3 aromatic carbocycles. The average molecular weight is 413 g/mol. The summed E-state index contributed by atoms with van der Waals surface area (Å²) in [6.07, 6.45) is 4.30. The van der Waals surface area contributed by atoms with Crippen LogP contribution in [0.4, 0.5) is 4.39 Å².